The zero-order chi connectivity index (χ0) is 21.5. The molecule has 150 valence electrons. The number of carbonyl (C=O) groups is 2. The number of allylic oxidation sites excluding steroid dienone is 4. The molecule has 10 heteroatoms. The van der Waals surface area contributed by atoms with E-state index in [4.69, 9.17) is 21.3 Å². The predicted molar refractivity (Wildman–Crippen MR) is 109 cm³/mol. The number of hydrogen-bond acceptors (Lipinski definition) is 8. The highest BCUT2D eigenvalue weighted by molar-refractivity contribution is 6.33. The highest BCUT2D eigenvalue weighted by Crippen LogP contribution is 2.16. The monoisotopic (exact) mass is 425 g/mol. The van der Waals surface area contributed by atoms with E-state index in [9.17, 15) is 19.7 Å². The molecule has 0 heterocycles. The smallest absolute Gasteiger partial charge is 0.312 e. The van der Waals surface area contributed by atoms with Gasteiger partial charge in [-0.15, -0.1) is 0 Å². The summed E-state index contributed by atoms with van der Waals surface area (Å²) in [4.78, 5) is 43.7. The third-order valence-electron chi connectivity index (χ3n) is 3.70. The number of hydrogen-bond donors (Lipinski definition) is 0. The van der Waals surface area contributed by atoms with Crippen LogP contribution in [-0.2, 0) is 9.68 Å². The molecule has 0 amide bonds. The van der Waals surface area contributed by atoms with Crippen LogP contribution in [0.1, 0.15) is 20.7 Å². The van der Waals surface area contributed by atoms with Gasteiger partial charge in [0, 0.05) is 12.1 Å². The molecule has 30 heavy (non-hydrogen) atoms. The van der Waals surface area contributed by atoms with Crippen LogP contribution in [-0.4, -0.2) is 28.3 Å². The third kappa shape index (κ3) is 5.24. The first-order chi connectivity index (χ1) is 14.4. The Hall–Kier alpha value is -4.11. The minimum absolute atomic E-state index is 0.00828. The summed E-state index contributed by atoms with van der Waals surface area (Å²) in [5.41, 5.74) is 0.542. The van der Waals surface area contributed by atoms with E-state index in [1.54, 1.807) is 18.2 Å². The van der Waals surface area contributed by atoms with Gasteiger partial charge in [-0.3, -0.25) is 10.1 Å². The molecular formula is C20H12ClN3O6. The topological polar surface area (TPSA) is 120 Å². The molecule has 1 aliphatic rings. The van der Waals surface area contributed by atoms with Crippen molar-refractivity contribution in [1.82, 2.24) is 0 Å². The predicted octanol–water partition coefficient (Wildman–Crippen LogP) is 4.10. The van der Waals surface area contributed by atoms with Gasteiger partial charge in [-0.1, -0.05) is 40.1 Å². The maximum absolute atomic E-state index is 12.0. The van der Waals surface area contributed by atoms with Gasteiger partial charge in [-0.2, -0.15) is 0 Å². The first-order valence-corrected chi connectivity index (χ1v) is 8.75. The van der Waals surface area contributed by atoms with Crippen LogP contribution in [0.2, 0.25) is 5.02 Å². The number of non-ortho nitro benzene ring substituents is 1. The Labute approximate surface area is 174 Å². The van der Waals surface area contributed by atoms with Crippen LogP contribution in [0.5, 0.6) is 0 Å². The van der Waals surface area contributed by atoms with Crippen molar-refractivity contribution in [1.29, 1.82) is 0 Å². The average molecular weight is 426 g/mol. The Kier molecular flexibility index (Phi) is 6.46. The summed E-state index contributed by atoms with van der Waals surface area (Å²) in [6.07, 6.45) is 5.92. The Bertz CT molecular complexity index is 1120. The number of halogens is 1. The normalized spacial score (nSPS) is 12.3. The first-order valence-electron chi connectivity index (χ1n) is 8.38. The molecular weight excluding hydrogens is 414 g/mol. The van der Waals surface area contributed by atoms with Crippen LogP contribution >= 0.6 is 11.6 Å². The van der Waals surface area contributed by atoms with E-state index in [1.807, 2.05) is 0 Å². The zero-order valence-corrected chi connectivity index (χ0v) is 15.9. The second kappa shape index (κ2) is 9.39. The van der Waals surface area contributed by atoms with Crippen LogP contribution in [0.25, 0.3) is 0 Å². The van der Waals surface area contributed by atoms with Crippen LogP contribution in [0, 0.1) is 10.1 Å². The van der Waals surface area contributed by atoms with Crippen molar-refractivity contribution in [2.24, 2.45) is 10.3 Å². The minimum atomic E-state index is -0.846. The lowest BCUT2D eigenvalue weighted by atomic mass is 10.1. The van der Waals surface area contributed by atoms with Crippen LogP contribution in [0.4, 0.5) is 5.69 Å². The number of nitro groups is 1. The first kappa shape index (κ1) is 20.6. The van der Waals surface area contributed by atoms with E-state index in [2.05, 4.69) is 10.3 Å². The second-order valence-corrected chi connectivity index (χ2v) is 6.15. The molecule has 0 unspecified atom stereocenters. The van der Waals surface area contributed by atoms with Crippen molar-refractivity contribution in [2.45, 2.75) is 0 Å². The average Bonchev–Trinajstić information content (AvgIpc) is 2.77. The van der Waals surface area contributed by atoms with Crippen molar-refractivity contribution in [3.8, 4) is 0 Å². The highest BCUT2D eigenvalue weighted by Gasteiger charge is 2.14. The van der Waals surface area contributed by atoms with Gasteiger partial charge in [0.25, 0.3) is 5.69 Å². The van der Waals surface area contributed by atoms with Crippen molar-refractivity contribution in [3.63, 3.8) is 0 Å². The van der Waals surface area contributed by atoms with Gasteiger partial charge in [0.1, 0.15) is 11.4 Å². The lowest BCUT2D eigenvalue weighted by Gasteiger charge is -2.03. The summed E-state index contributed by atoms with van der Waals surface area (Å²) in [7, 11) is 0. The number of nitro benzene ring substituents is 1. The van der Waals surface area contributed by atoms with E-state index in [1.165, 1.54) is 48.6 Å². The summed E-state index contributed by atoms with van der Waals surface area (Å²) in [5, 5.41) is 18.4. The van der Waals surface area contributed by atoms with Crippen molar-refractivity contribution in [2.75, 3.05) is 0 Å². The molecule has 0 bridgehead atoms. The van der Waals surface area contributed by atoms with E-state index < -0.39 is 16.9 Å². The minimum Gasteiger partial charge on any atom is -0.312 e. The van der Waals surface area contributed by atoms with E-state index in [0.29, 0.717) is 5.71 Å². The fourth-order valence-electron chi connectivity index (χ4n) is 2.24. The fourth-order valence-corrected chi connectivity index (χ4v) is 2.45. The molecule has 0 radical (unpaired) electrons. The van der Waals surface area contributed by atoms with Crippen LogP contribution in [0.3, 0.4) is 0 Å². The van der Waals surface area contributed by atoms with Gasteiger partial charge in [0.2, 0.25) is 0 Å². The maximum Gasteiger partial charge on any atom is 0.367 e. The van der Waals surface area contributed by atoms with Gasteiger partial charge >= 0.3 is 11.9 Å². The highest BCUT2D eigenvalue weighted by atomic mass is 35.5. The summed E-state index contributed by atoms with van der Waals surface area (Å²) in [6.45, 7) is 0. The number of oxime groups is 2. The molecule has 0 N–H and O–H groups in total. The molecule has 0 aliphatic heterocycles. The lowest BCUT2D eigenvalue weighted by Crippen LogP contribution is -2.07. The quantitative estimate of drug-likeness (QED) is 0.308. The van der Waals surface area contributed by atoms with Gasteiger partial charge in [0.15, 0.2) is 0 Å². The molecule has 2 aromatic rings. The fraction of sp³-hybridized carbons (Fsp3) is 0. The van der Waals surface area contributed by atoms with Crippen molar-refractivity contribution in [3.05, 3.63) is 99.1 Å². The Morgan fingerprint density at radius 3 is 2.07 bits per heavy atom. The standard InChI is InChI=1S/C20H12ClN3O6/c21-18-7-2-1-6-17(18)20(26)30-23-15-10-8-14(9-11-15)22-29-19(25)13-4-3-5-16(12-13)24(27)28/h1-12H. The molecule has 0 aromatic heterocycles. The molecule has 0 saturated heterocycles. The van der Waals surface area contributed by atoms with E-state index in [-0.39, 0.29) is 27.5 Å². The second-order valence-electron chi connectivity index (χ2n) is 5.74. The SMILES string of the molecule is O=C(ON=C1C=CC(=NOC(=O)c2ccccc2Cl)C=C1)c1cccc([N+](=O)[O-])c1. The van der Waals surface area contributed by atoms with Crippen molar-refractivity contribution < 1.29 is 24.2 Å². The van der Waals surface area contributed by atoms with Gasteiger partial charge in [-0.25, -0.2) is 9.59 Å². The molecule has 2 aromatic carbocycles. The molecule has 0 atom stereocenters. The molecule has 1 aliphatic carbocycles. The molecule has 0 saturated carbocycles. The van der Waals surface area contributed by atoms with Crippen molar-refractivity contribution >= 4 is 40.7 Å². The lowest BCUT2D eigenvalue weighted by molar-refractivity contribution is -0.384. The summed E-state index contributed by atoms with van der Waals surface area (Å²) >= 11 is 5.92. The molecule has 0 spiro atoms. The van der Waals surface area contributed by atoms with Gasteiger partial charge < -0.3 is 9.68 Å². The summed E-state index contributed by atoms with van der Waals surface area (Å²) < 4.78 is 0. The maximum atomic E-state index is 12.0. The number of benzene rings is 2. The Morgan fingerprint density at radius 2 is 1.47 bits per heavy atom. The van der Waals surface area contributed by atoms with E-state index >= 15 is 0 Å². The largest absolute Gasteiger partial charge is 0.367 e. The van der Waals surface area contributed by atoms with Crippen LogP contribution < -0.4 is 0 Å². The molecule has 0 fully saturated rings. The number of rotatable bonds is 5. The Morgan fingerprint density at radius 1 is 0.867 bits per heavy atom. The van der Waals surface area contributed by atoms with Gasteiger partial charge in [-0.05, 0) is 42.5 Å². The zero-order valence-electron chi connectivity index (χ0n) is 15.1. The summed E-state index contributed by atoms with van der Waals surface area (Å²) in [6, 6.07) is 11.5. The number of nitrogens with zero attached hydrogens (tertiary/aromatic N) is 3. The van der Waals surface area contributed by atoms with Crippen LogP contribution in [0.15, 0.2) is 83.1 Å². The third-order valence-corrected chi connectivity index (χ3v) is 4.03. The Balaban J connectivity index is 1.59. The molecule has 3 rings (SSSR count). The number of carbonyl (C=O) groups excluding carboxylic acids is 2. The van der Waals surface area contributed by atoms with Gasteiger partial charge in [0.05, 0.1) is 21.1 Å². The molecule has 9 nitrogen and oxygen atoms in total. The summed E-state index contributed by atoms with van der Waals surface area (Å²) in [5.74, 6) is -1.55. The van der Waals surface area contributed by atoms with E-state index in [0.717, 1.165) is 6.07 Å².